The van der Waals surface area contributed by atoms with Gasteiger partial charge in [0.15, 0.2) is 0 Å². The Hall–Kier alpha value is -3.74. The maximum Gasteiger partial charge on any atom is 0.291 e. The van der Waals surface area contributed by atoms with E-state index in [-0.39, 0.29) is 17.5 Å². The predicted octanol–water partition coefficient (Wildman–Crippen LogP) is 3.94. The highest BCUT2D eigenvalue weighted by molar-refractivity contribution is 5.94. The van der Waals surface area contributed by atoms with Gasteiger partial charge in [0.1, 0.15) is 11.7 Å². The van der Waals surface area contributed by atoms with Crippen LogP contribution >= 0.6 is 0 Å². The van der Waals surface area contributed by atoms with Crippen LogP contribution in [0.15, 0.2) is 59.4 Å². The summed E-state index contributed by atoms with van der Waals surface area (Å²) in [6.07, 6.45) is 0.763. The van der Waals surface area contributed by atoms with Gasteiger partial charge in [-0.25, -0.2) is 4.68 Å². The summed E-state index contributed by atoms with van der Waals surface area (Å²) in [6.45, 7) is 6.91. The molecule has 31 heavy (non-hydrogen) atoms. The highest BCUT2D eigenvalue weighted by Gasteiger charge is 2.21. The van der Waals surface area contributed by atoms with Crippen molar-refractivity contribution in [2.75, 3.05) is 10.6 Å². The van der Waals surface area contributed by atoms with E-state index in [1.54, 1.807) is 6.92 Å². The van der Waals surface area contributed by atoms with Gasteiger partial charge in [-0.15, -0.1) is 0 Å². The van der Waals surface area contributed by atoms with E-state index in [0.29, 0.717) is 11.4 Å². The molecular weight excluding hydrogens is 392 g/mol. The van der Waals surface area contributed by atoms with Gasteiger partial charge in [-0.2, -0.15) is 5.10 Å². The van der Waals surface area contributed by atoms with Crippen molar-refractivity contribution in [1.82, 2.24) is 9.78 Å². The molecule has 1 aromatic heterocycles. The molecule has 0 fully saturated rings. The van der Waals surface area contributed by atoms with Crippen LogP contribution in [0.25, 0.3) is 11.3 Å². The SMILES string of the molecule is CCc1ccccc1NC(=O)[C@@H](C)n1nc(-c2ccc(C)cc2)cc(NC(C)=O)c1=O. The number of carbonyl (C=O) groups excluding carboxylic acids is 2. The number of anilines is 2. The summed E-state index contributed by atoms with van der Waals surface area (Å²) in [5, 5.41) is 9.88. The standard InChI is InChI=1S/C24H26N4O3/c1-5-18-8-6-7-9-20(18)26-23(30)16(3)28-24(31)22(25-17(4)29)14-21(27-28)19-12-10-15(2)11-13-19/h6-14,16H,5H2,1-4H3,(H,25,29)(H,26,30)/t16-/m1/s1. The van der Waals surface area contributed by atoms with Gasteiger partial charge in [0.05, 0.1) is 5.69 Å². The molecule has 0 aliphatic heterocycles. The van der Waals surface area contributed by atoms with E-state index < -0.39 is 11.6 Å². The van der Waals surface area contributed by atoms with Crippen LogP contribution in [0.4, 0.5) is 11.4 Å². The Labute approximate surface area is 181 Å². The molecule has 0 spiro atoms. The Kier molecular flexibility index (Phi) is 6.65. The first kappa shape index (κ1) is 22.0. The van der Waals surface area contributed by atoms with Gasteiger partial charge in [-0.1, -0.05) is 55.0 Å². The van der Waals surface area contributed by atoms with E-state index in [1.165, 1.54) is 13.0 Å². The zero-order chi connectivity index (χ0) is 22.5. The molecule has 3 aromatic rings. The monoisotopic (exact) mass is 418 g/mol. The third-order valence-corrected chi connectivity index (χ3v) is 5.00. The number of benzene rings is 2. The van der Waals surface area contributed by atoms with Gasteiger partial charge in [-0.05, 0) is 38.0 Å². The molecule has 0 aliphatic carbocycles. The number of hydrogen-bond acceptors (Lipinski definition) is 4. The maximum atomic E-state index is 13.0. The lowest BCUT2D eigenvalue weighted by Crippen LogP contribution is -2.35. The fourth-order valence-corrected chi connectivity index (χ4v) is 3.22. The van der Waals surface area contributed by atoms with Crippen molar-refractivity contribution in [3.8, 4) is 11.3 Å². The largest absolute Gasteiger partial charge is 0.324 e. The van der Waals surface area contributed by atoms with Crippen LogP contribution in [0, 0.1) is 6.92 Å². The van der Waals surface area contributed by atoms with Crippen molar-refractivity contribution in [3.05, 3.63) is 76.1 Å². The second kappa shape index (κ2) is 9.38. The number of aromatic nitrogens is 2. The topological polar surface area (TPSA) is 93.1 Å². The van der Waals surface area contributed by atoms with Crippen molar-refractivity contribution < 1.29 is 9.59 Å². The van der Waals surface area contributed by atoms with Crippen LogP contribution in [0.5, 0.6) is 0 Å². The first-order chi connectivity index (χ1) is 14.8. The summed E-state index contributed by atoms with van der Waals surface area (Å²) in [6, 6.07) is 15.8. The molecule has 0 radical (unpaired) electrons. The van der Waals surface area contributed by atoms with Crippen LogP contribution in [0.1, 0.15) is 37.9 Å². The molecule has 2 amide bonds. The molecule has 7 nitrogen and oxygen atoms in total. The van der Waals surface area contributed by atoms with E-state index in [0.717, 1.165) is 27.8 Å². The predicted molar refractivity (Wildman–Crippen MR) is 122 cm³/mol. The minimum atomic E-state index is -0.893. The van der Waals surface area contributed by atoms with Crippen LogP contribution in [0.3, 0.4) is 0 Å². The minimum Gasteiger partial charge on any atom is -0.324 e. The Bertz CT molecular complexity index is 1170. The maximum absolute atomic E-state index is 13.0. The number of hydrogen-bond donors (Lipinski definition) is 2. The summed E-state index contributed by atoms with van der Waals surface area (Å²) in [4.78, 5) is 37.6. The second-order valence-electron chi connectivity index (χ2n) is 7.42. The molecule has 0 saturated heterocycles. The lowest BCUT2D eigenvalue weighted by Gasteiger charge is -2.18. The summed E-state index contributed by atoms with van der Waals surface area (Å²) in [7, 11) is 0. The van der Waals surface area contributed by atoms with Crippen molar-refractivity contribution in [3.63, 3.8) is 0 Å². The molecule has 7 heteroatoms. The van der Waals surface area contributed by atoms with Gasteiger partial charge >= 0.3 is 0 Å². The van der Waals surface area contributed by atoms with E-state index in [4.69, 9.17) is 0 Å². The molecule has 2 N–H and O–H groups in total. The summed E-state index contributed by atoms with van der Waals surface area (Å²) in [5.74, 6) is -0.746. The van der Waals surface area contributed by atoms with Crippen molar-refractivity contribution >= 4 is 23.2 Å². The van der Waals surface area contributed by atoms with Gasteiger partial charge in [0, 0.05) is 18.2 Å². The molecule has 0 bridgehead atoms. The smallest absolute Gasteiger partial charge is 0.291 e. The quantitative estimate of drug-likeness (QED) is 0.634. The van der Waals surface area contributed by atoms with E-state index in [1.807, 2.05) is 62.4 Å². The average Bonchev–Trinajstić information content (AvgIpc) is 2.75. The molecular formula is C24H26N4O3. The molecule has 160 valence electrons. The van der Waals surface area contributed by atoms with Crippen molar-refractivity contribution in [2.24, 2.45) is 0 Å². The van der Waals surface area contributed by atoms with Crippen LogP contribution in [-0.2, 0) is 16.0 Å². The number of nitrogens with one attached hydrogen (secondary N) is 2. The summed E-state index contributed by atoms with van der Waals surface area (Å²) in [5.41, 5.74) is 3.57. The Balaban J connectivity index is 2.02. The molecule has 0 aliphatic rings. The number of aryl methyl sites for hydroxylation is 2. The van der Waals surface area contributed by atoms with Gasteiger partial charge in [0.25, 0.3) is 5.56 Å². The zero-order valence-electron chi connectivity index (χ0n) is 18.1. The van der Waals surface area contributed by atoms with Crippen molar-refractivity contribution in [2.45, 2.75) is 40.2 Å². The van der Waals surface area contributed by atoms with Gasteiger partial charge < -0.3 is 10.6 Å². The molecule has 0 saturated carbocycles. The van der Waals surface area contributed by atoms with E-state index in [2.05, 4.69) is 15.7 Å². The highest BCUT2D eigenvalue weighted by atomic mass is 16.2. The lowest BCUT2D eigenvalue weighted by molar-refractivity contribution is -0.119. The summed E-state index contributed by atoms with van der Waals surface area (Å²) >= 11 is 0. The lowest BCUT2D eigenvalue weighted by atomic mass is 10.1. The normalized spacial score (nSPS) is 11.6. The average molecular weight is 418 g/mol. The van der Waals surface area contributed by atoms with E-state index >= 15 is 0 Å². The fraction of sp³-hybridized carbons (Fsp3) is 0.250. The first-order valence-corrected chi connectivity index (χ1v) is 10.2. The molecule has 1 heterocycles. The third-order valence-electron chi connectivity index (χ3n) is 5.00. The third kappa shape index (κ3) is 5.06. The number of amides is 2. The van der Waals surface area contributed by atoms with Crippen LogP contribution < -0.4 is 16.2 Å². The highest BCUT2D eigenvalue weighted by Crippen LogP contribution is 2.21. The Morgan fingerprint density at radius 2 is 1.71 bits per heavy atom. The number of carbonyl (C=O) groups is 2. The zero-order valence-corrected chi connectivity index (χ0v) is 18.1. The minimum absolute atomic E-state index is 0.0756. The van der Waals surface area contributed by atoms with E-state index in [9.17, 15) is 14.4 Å². The van der Waals surface area contributed by atoms with Gasteiger partial charge in [0.2, 0.25) is 11.8 Å². The Morgan fingerprint density at radius 1 is 1.03 bits per heavy atom. The van der Waals surface area contributed by atoms with Crippen LogP contribution in [0.2, 0.25) is 0 Å². The first-order valence-electron chi connectivity index (χ1n) is 10.2. The number of para-hydroxylation sites is 1. The fourth-order valence-electron chi connectivity index (χ4n) is 3.22. The molecule has 1 atom stereocenters. The van der Waals surface area contributed by atoms with Crippen LogP contribution in [-0.4, -0.2) is 21.6 Å². The molecule has 2 aromatic carbocycles. The number of nitrogens with zero attached hydrogens (tertiary/aromatic N) is 2. The van der Waals surface area contributed by atoms with Crippen molar-refractivity contribution in [1.29, 1.82) is 0 Å². The Morgan fingerprint density at radius 3 is 2.35 bits per heavy atom. The summed E-state index contributed by atoms with van der Waals surface area (Å²) < 4.78 is 1.12. The molecule has 0 unspecified atom stereocenters. The van der Waals surface area contributed by atoms with Gasteiger partial charge in [-0.3, -0.25) is 14.4 Å². The second-order valence-corrected chi connectivity index (χ2v) is 7.42. The molecule has 3 rings (SSSR count). The number of rotatable bonds is 6.